The van der Waals surface area contributed by atoms with Crippen molar-refractivity contribution in [3.8, 4) is 29.0 Å². The van der Waals surface area contributed by atoms with Gasteiger partial charge in [-0.2, -0.15) is 18.4 Å². The first-order valence-corrected chi connectivity index (χ1v) is 10.6. The highest BCUT2D eigenvalue weighted by Crippen LogP contribution is 2.44. The van der Waals surface area contributed by atoms with Gasteiger partial charge in [0, 0.05) is 24.4 Å². The fraction of sp³-hybridized carbons (Fsp3) is 0.185. The third kappa shape index (κ3) is 4.89. The lowest BCUT2D eigenvalue weighted by atomic mass is 9.98. The van der Waals surface area contributed by atoms with Crippen LogP contribution >= 0.6 is 0 Å². The summed E-state index contributed by atoms with van der Waals surface area (Å²) < 4.78 is 45.0. The maximum Gasteiger partial charge on any atom is 0.417 e. The number of benzene rings is 3. The third-order valence-electron chi connectivity index (χ3n) is 5.54. The van der Waals surface area contributed by atoms with Gasteiger partial charge in [0.05, 0.1) is 17.2 Å². The molecule has 0 aromatic heterocycles. The van der Waals surface area contributed by atoms with E-state index < -0.39 is 17.8 Å². The molecule has 1 amide bonds. The van der Waals surface area contributed by atoms with Gasteiger partial charge in [-0.05, 0) is 40.5 Å². The van der Waals surface area contributed by atoms with E-state index in [0.29, 0.717) is 0 Å². The fourth-order valence-corrected chi connectivity index (χ4v) is 3.99. The minimum absolute atomic E-state index is 0.0601. The fourth-order valence-electron chi connectivity index (χ4n) is 3.99. The number of carbonyl (C=O) groups excluding carboxylic acids is 1. The Morgan fingerprint density at radius 1 is 1.00 bits per heavy atom. The maximum atomic E-state index is 13.2. The highest BCUT2D eigenvalue weighted by Gasteiger charge is 2.33. The van der Waals surface area contributed by atoms with Crippen LogP contribution in [-0.2, 0) is 10.9 Å². The minimum atomic E-state index is -4.61. The SMILES string of the molecule is N#Cc1ccc(C#CCCNC(=O)OCC2c3ccccc3-c3ccccc32)c(C(F)(F)F)c1. The van der Waals surface area contributed by atoms with Gasteiger partial charge in [0.1, 0.15) is 6.61 Å². The van der Waals surface area contributed by atoms with Gasteiger partial charge in [0.15, 0.2) is 0 Å². The number of rotatable bonds is 4. The van der Waals surface area contributed by atoms with Crippen LogP contribution in [0.5, 0.6) is 0 Å². The molecule has 3 aromatic carbocycles. The predicted molar refractivity (Wildman–Crippen MR) is 121 cm³/mol. The van der Waals surface area contributed by atoms with Crippen molar-refractivity contribution in [1.82, 2.24) is 5.32 Å². The average molecular weight is 460 g/mol. The molecule has 0 spiro atoms. The van der Waals surface area contributed by atoms with E-state index in [4.69, 9.17) is 10.00 Å². The second kappa shape index (κ2) is 9.72. The van der Waals surface area contributed by atoms with Crippen LogP contribution in [0.4, 0.5) is 18.0 Å². The van der Waals surface area contributed by atoms with Gasteiger partial charge in [0.25, 0.3) is 0 Å². The number of ether oxygens (including phenoxy) is 1. The van der Waals surface area contributed by atoms with Gasteiger partial charge in [-0.3, -0.25) is 0 Å². The zero-order chi connectivity index (χ0) is 24.1. The first-order valence-electron chi connectivity index (χ1n) is 10.6. The standard InChI is InChI=1S/C27H19F3N2O2/c28-27(29,30)25-15-18(16-31)12-13-19(25)7-5-6-14-32-26(33)34-17-24-22-10-3-1-8-20(22)21-9-2-4-11-23(21)24/h1-4,8-13,15,24H,6,14,17H2,(H,32,33). The van der Waals surface area contributed by atoms with E-state index in [1.807, 2.05) is 48.5 Å². The molecule has 4 rings (SSSR count). The number of hydrogen-bond donors (Lipinski definition) is 1. The molecule has 4 nitrogen and oxygen atoms in total. The Morgan fingerprint density at radius 3 is 2.26 bits per heavy atom. The summed E-state index contributed by atoms with van der Waals surface area (Å²) in [5.41, 5.74) is 3.20. The number of amides is 1. The number of hydrogen-bond acceptors (Lipinski definition) is 3. The first-order chi connectivity index (χ1) is 16.4. The molecule has 1 N–H and O–H groups in total. The van der Waals surface area contributed by atoms with Crippen molar-refractivity contribution in [3.05, 3.63) is 94.5 Å². The van der Waals surface area contributed by atoms with E-state index >= 15 is 0 Å². The quantitative estimate of drug-likeness (QED) is 0.392. The van der Waals surface area contributed by atoms with Crippen molar-refractivity contribution < 1.29 is 22.7 Å². The lowest BCUT2D eigenvalue weighted by molar-refractivity contribution is -0.137. The molecule has 7 heteroatoms. The predicted octanol–water partition coefficient (Wildman–Crippen LogP) is 5.86. The molecule has 1 aliphatic carbocycles. The second-order valence-electron chi connectivity index (χ2n) is 7.67. The van der Waals surface area contributed by atoms with Crippen molar-refractivity contribution in [2.24, 2.45) is 0 Å². The number of nitrogens with zero attached hydrogens (tertiary/aromatic N) is 1. The van der Waals surface area contributed by atoms with Crippen LogP contribution in [-0.4, -0.2) is 19.2 Å². The Labute approximate surface area is 195 Å². The molecule has 34 heavy (non-hydrogen) atoms. The number of carbonyl (C=O) groups is 1. The third-order valence-corrected chi connectivity index (χ3v) is 5.54. The van der Waals surface area contributed by atoms with E-state index in [9.17, 15) is 18.0 Å². The number of nitrogens with one attached hydrogen (secondary N) is 1. The molecule has 0 atom stereocenters. The summed E-state index contributed by atoms with van der Waals surface area (Å²) in [7, 11) is 0. The largest absolute Gasteiger partial charge is 0.449 e. The van der Waals surface area contributed by atoms with Crippen LogP contribution in [0.1, 0.15) is 40.2 Å². The molecule has 0 saturated carbocycles. The summed E-state index contributed by atoms with van der Waals surface area (Å²) in [5, 5.41) is 11.4. The lowest BCUT2D eigenvalue weighted by Gasteiger charge is -2.14. The second-order valence-corrected chi connectivity index (χ2v) is 7.67. The van der Waals surface area contributed by atoms with Gasteiger partial charge in [-0.15, -0.1) is 0 Å². The van der Waals surface area contributed by atoms with Crippen LogP contribution in [0.3, 0.4) is 0 Å². The van der Waals surface area contributed by atoms with Crippen LogP contribution in [0, 0.1) is 23.2 Å². The summed E-state index contributed by atoms with van der Waals surface area (Å²) in [4.78, 5) is 12.2. The Hall–Kier alpha value is -4.23. The smallest absolute Gasteiger partial charge is 0.417 e. The van der Waals surface area contributed by atoms with Crippen LogP contribution in [0.25, 0.3) is 11.1 Å². The number of alkyl halides is 3. The molecule has 3 aromatic rings. The molecule has 0 bridgehead atoms. The molecule has 0 aliphatic heterocycles. The van der Waals surface area contributed by atoms with Crippen LogP contribution in [0.15, 0.2) is 66.7 Å². The van der Waals surface area contributed by atoms with Gasteiger partial charge in [-0.1, -0.05) is 60.4 Å². The number of halogens is 3. The summed E-state index contributed by atoms with van der Waals surface area (Å²) in [6, 6.07) is 20.9. The molecular weight excluding hydrogens is 441 g/mol. The van der Waals surface area contributed by atoms with Crippen molar-refractivity contribution in [2.75, 3.05) is 13.2 Å². The normalized spacial score (nSPS) is 12.1. The van der Waals surface area contributed by atoms with Crippen molar-refractivity contribution in [2.45, 2.75) is 18.5 Å². The monoisotopic (exact) mass is 460 g/mol. The molecule has 0 heterocycles. The Bertz CT molecular complexity index is 1280. The van der Waals surface area contributed by atoms with Gasteiger partial charge < -0.3 is 10.1 Å². The van der Waals surface area contributed by atoms with E-state index in [1.165, 1.54) is 12.1 Å². The zero-order valence-corrected chi connectivity index (χ0v) is 17.9. The number of alkyl carbamates (subject to hydrolysis) is 1. The lowest BCUT2D eigenvalue weighted by Crippen LogP contribution is -2.26. The van der Waals surface area contributed by atoms with Crippen molar-refractivity contribution in [1.29, 1.82) is 5.26 Å². The summed E-state index contributed by atoms with van der Waals surface area (Å²) in [6.45, 7) is 0.299. The van der Waals surface area contributed by atoms with Crippen molar-refractivity contribution >= 4 is 6.09 Å². The number of nitriles is 1. The Kier molecular flexibility index (Phi) is 6.56. The molecule has 0 saturated heterocycles. The van der Waals surface area contributed by atoms with Gasteiger partial charge in [-0.25, -0.2) is 4.79 Å². The molecule has 170 valence electrons. The number of fused-ring (bicyclic) bond motifs is 3. The molecular formula is C27H19F3N2O2. The highest BCUT2D eigenvalue weighted by molar-refractivity contribution is 5.79. The van der Waals surface area contributed by atoms with E-state index in [-0.39, 0.29) is 36.6 Å². The highest BCUT2D eigenvalue weighted by atomic mass is 19.4. The Morgan fingerprint density at radius 2 is 1.65 bits per heavy atom. The summed E-state index contributed by atoms with van der Waals surface area (Å²) in [5.74, 6) is 5.04. The molecule has 0 fully saturated rings. The van der Waals surface area contributed by atoms with Gasteiger partial charge in [0.2, 0.25) is 0 Å². The molecule has 1 aliphatic rings. The van der Waals surface area contributed by atoms with Crippen LogP contribution < -0.4 is 5.32 Å². The van der Waals surface area contributed by atoms with E-state index in [2.05, 4.69) is 17.2 Å². The van der Waals surface area contributed by atoms with E-state index in [1.54, 1.807) is 6.07 Å². The zero-order valence-electron chi connectivity index (χ0n) is 17.9. The summed E-state index contributed by atoms with van der Waals surface area (Å²) >= 11 is 0. The topological polar surface area (TPSA) is 62.1 Å². The minimum Gasteiger partial charge on any atom is -0.449 e. The maximum absolute atomic E-state index is 13.2. The Balaban J connectivity index is 1.32. The first kappa shape index (κ1) is 22.9. The van der Waals surface area contributed by atoms with Crippen molar-refractivity contribution in [3.63, 3.8) is 0 Å². The molecule has 0 unspecified atom stereocenters. The molecule has 0 radical (unpaired) electrons. The summed E-state index contributed by atoms with van der Waals surface area (Å²) in [6.07, 6.45) is -5.09. The average Bonchev–Trinajstić information content (AvgIpc) is 3.15. The van der Waals surface area contributed by atoms with E-state index in [0.717, 1.165) is 28.3 Å². The van der Waals surface area contributed by atoms with Crippen LogP contribution in [0.2, 0.25) is 0 Å². The van der Waals surface area contributed by atoms with Gasteiger partial charge >= 0.3 is 12.3 Å².